The van der Waals surface area contributed by atoms with Gasteiger partial charge in [0.1, 0.15) is 5.76 Å². The Morgan fingerprint density at radius 1 is 1.42 bits per heavy atom. The van der Waals surface area contributed by atoms with E-state index in [1.165, 1.54) is 24.8 Å². The van der Waals surface area contributed by atoms with Crippen molar-refractivity contribution >= 4 is 0 Å². The van der Waals surface area contributed by atoms with Crippen LogP contribution in [0.5, 0.6) is 0 Å². The third-order valence-corrected chi connectivity index (χ3v) is 4.29. The predicted molar refractivity (Wildman–Crippen MR) is 79.0 cm³/mol. The molecule has 0 aliphatic carbocycles. The Morgan fingerprint density at radius 3 is 2.89 bits per heavy atom. The maximum absolute atomic E-state index is 5.64. The van der Waals surface area contributed by atoms with Crippen molar-refractivity contribution in [1.82, 2.24) is 10.2 Å². The Labute approximate surface area is 117 Å². The third-order valence-electron chi connectivity index (χ3n) is 4.29. The summed E-state index contributed by atoms with van der Waals surface area (Å²) in [6.45, 7) is 10.8. The number of nitrogens with zero attached hydrogens (tertiary/aromatic N) is 1. The lowest BCUT2D eigenvalue weighted by Gasteiger charge is -2.27. The number of furan rings is 1. The Kier molecular flexibility index (Phi) is 5.06. The van der Waals surface area contributed by atoms with E-state index < -0.39 is 0 Å². The summed E-state index contributed by atoms with van der Waals surface area (Å²) in [6, 6.07) is 4.07. The van der Waals surface area contributed by atoms with Gasteiger partial charge in [0.2, 0.25) is 0 Å². The smallest absolute Gasteiger partial charge is 0.122 e. The van der Waals surface area contributed by atoms with E-state index in [2.05, 4.69) is 44.0 Å². The van der Waals surface area contributed by atoms with E-state index in [4.69, 9.17) is 4.42 Å². The lowest BCUT2D eigenvalue weighted by Crippen LogP contribution is -2.34. The Bertz CT molecular complexity index is 386. The molecule has 0 aromatic carbocycles. The molecule has 19 heavy (non-hydrogen) atoms. The second kappa shape index (κ2) is 6.58. The van der Waals surface area contributed by atoms with Crippen molar-refractivity contribution in [2.75, 3.05) is 0 Å². The minimum atomic E-state index is 0.493. The summed E-state index contributed by atoms with van der Waals surface area (Å²) >= 11 is 0. The average Bonchev–Trinajstić information content (AvgIpc) is 2.95. The second-order valence-corrected chi connectivity index (χ2v) is 6.07. The number of hydrogen-bond acceptors (Lipinski definition) is 3. The van der Waals surface area contributed by atoms with Gasteiger partial charge in [-0.3, -0.25) is 4.90 Å². The summed E-state index contributed by atoms with van der Waals surface area (Å²) in [7, 11) is 0. The minimum Gasteiger partial charge on any atom is -0.468 e. The predicted octanol–water partition coefficient (Wildman–Crippen LogP) is 3.54. The summed E-state index contributed by atoms with van der Waals surface area (Å²) in [5.74, 6) is 1.10. The van der Waals surface area contributed by atoms with E-state index in [-0.39, 0.29) is 0 Å². The van der Waals surface area contributed by atoms with Crippen LogP contribution < -0.4 is 5.32 Å². The SMILES string of the molecule is CCC1CCC(C)N1Cc1ccoc1CNC(C)C. The molecular weight excluding hydrogens is 236 g/mol. The zero-order valence-corrected chi connectivity index (χ0v) is 12.8. The average molecular weight is 264 g/mol. The molecule has 1 saturated heterocycles. The monoisotopic (exact) mass is 264 g/mol. The van der Waals surface area contributed by atoms with Crippen molar-refractivity contribution in [2.24, 2.45) is 0 Å². The van der Waals surface area contributed by atoms with Crippen molar-refractivity contribution in [1.29, 1.82) is 0 Å². The van der Waals surface area contributed by atoms with Crippen LogP contribution in [-0.2, 0) is 13.1 Å². The highest BCUT2D eigenvalue weighted by molar-refractivity contribution is 5.17. The first kappa shape index (κ1) is 14.6. The second-order valence-electron chi connectivity index (χ2n) is 6.07. The molecule has 3 nitrogen and oxygen atoms in total. The van der Waals surface area contributed by atoms with E-state index >= 15 is 0 Å². The molecule has 1 fully saturated rings. The minimum absolute atomic E-state index is 0.493. The van der Waals surface area contributed by atoms with Gasteiger partial charge in [-0.05, 0) is 32.3 Å². The van der Waals surface area contributed by atoms with Crippen molar-refractivity contribution in [3.8, 4) is 0 Å². The fourth-order valence-electron chi connectivity index (χ4n) is 3.01. The number of hydrogen-bond donors (Lipinski definition) is 1. The van der Waals surface area contributed by atoms with Crippen molar-refractivity contribution in [3.63, 3.8) is 0 Å². The van der Waals surface area contributed by atoms with Crippen LogP contribution >= 0.6 is 0 Å². The topological polar surface area (TPSA) is 28.4 Å². The molecule has 2 atom stereocenters. The Morgan fingerprint density at radius 2 is 2.21 bits per heavy atom. The third kappa shape index (κ3) is 3.61. The molecule has 2 unspecified atom stereocenters. The standard InChI is InChI=1S/C16H28N2O/c1-5-15-7-6-13(4)18(15)11-14-8-9-19-16(14)10-17-12(2)3/h8-9,12-13,15,17H,5-7,10-11H2,1-4H3. The van der Waals surface area contributed by atoms with E-state index in [1.54, 1.807) is 0 Å². The molecule has 2 heterocycles. The highest BCUT2D eigenvalue weighted by atomic mass is 16.3. The van der Waals surface area contributed by atoms with E-state index in [9.17, 15) is 0 Å². The van der Waals surface area contributed by atoms with Gasteiger partial charge >= 0.3 is 0 Å². The first-order valence-corrected chi connectivity index (χ1v) is 7.66. The van der Waals surface area contributed by atoms with Gasteiger partial charge in [-0.2, -0.15) is 0 Å². The maximum Gasteiger partial charge on any atom is 0.122 e. The van der Waals surface area contributed by atoms with Crippen LogP contribution in [0.25, 0.3) is 0 Å². The van der Waals surface area contributed by atoms with Crippen molar-refractivity contribution in [2.45, 2.75) is 78.2 Å². The molecule has 0 bridgehead atoms. The van der Waals surface area contributed by atoms with Crippen LogP contribution in [0.4, 0.5) is 0 Å². The fraction of sp³-hybridized carbons (Fsp3) is 0.750. The summed E-state index contributed by atoms with van der Waals surface area (Å²) in [6.07, 6.45) is 5.75. The van der Waals surface area contributed by atoms with Gasteiger partial charge in [0.25, 0.3) is 0 Å². The normalized spacial score (nSPS) is 24.5. The first-order valence-electron chi connectivity index (χ1n) is 7.66. The van der Waals surface area contributed by atoms with Crippen LogP contribution in [0.3, 0.4) is 0 Å². The van der Waals surface area contributed by atoms with E-state index in [0.29, 0.717) is 12.1 Å². The van der Waals surface area contributed by atoms with Crippen LogP contribution in [0.2, 0.25) is 0 Å². The van der Waals surface area contributed by atoms with Gasteiger partial charge in [0.15, 0.2) is 0 Å². The van der Waals surface area contributed by atoms with Gasteiger partial charge in [-0.15, -0.1) is 0 Å². The molecule has 0 amide bonds. The fourth-order valence-corrected chi connectivity index (χ4v) is 3.01. The van der Waals surface area contributed by atoms with Crippen LogP contribution in [0.1, 0.15) is 58.3 Å². The molecule has 0 radical (unpaired) electrons. The number of rotatable bonds is 6. The molecule has 3 heteroatoms. The van der Waals surface area contributed by atoms with Gasteiger partial charge in [-0.25, -0.2) is 0 Å². The molecule has 1 aromatic heterocycles. The van der Waals surface area contributed by atoms with Crippen molar-refractivity contribution in [3.05, 3.63) is 23.7 Å². The van der Waals surface area contributed by atoms with Gasteiger partial charge in [0.05, 0.1) is 12.8 Å². The van der Waals surface area contributed by atoms with E-state index in [1.807, 2.05) is 6.26 Å². The van der Waals surface area contributed by atoms with Crippen LogP contribution in [0.15, 0.2) is 16.7 Å². The largest absolute Gasteiger partial charge is 0.468 e. The highest BCUT2D eigenvalue weighted by Crippen LogP contribution is 2.28. The molecule has 1 aliphatic rings. The summed E-state index contributed by atoms with van der Waals surface area (Å²) in [4.78, 5) is 2.64. The number of likely N-dealkylation sites (tertiary alicyclic amines) is 1. The Hall–Kier alpha value is -0.800. The van der Waals surface area contributed by atoms with Gasteiger partial charge < -0.3 is 9.73 Å². The van der Waals surface area contributed by atoms with Crippen LogP contribution in [-0.4, -0.2) is 23.0 Å². The summed E-state index contributed by atoms with van der Waals surface area (Å²) < 4.78 is 5.64. The zero-order chi connectivity index (χ0) is 13.8. The zero-order valence-electron chi connectivity index (χ0n) is 12.8. The van der Waals surface area contributed by atoms with Crippen molar-refractivity contribution < 1.29 is 4.42 Å². The summed E-state index contributed by atoms with van der Waals surface area (Å²) in [5, 5.41) is 3.44. The molecule has 0 saturated carbocycles. The molecule has 108 valence electrons. The quantitative estimate of drug-likeness (QED) is 0.852. The molecule has 2 rings (SSSR count). The lowest BCUT2D eigenvalue weighted by atomic mass is 10.1. The maximum atomic E-state index is 5.64. The lowest BCUT2D eigenvalue weighted by molar-refractivity contribution is 0.188. The number of nitrogens with one attached hydrogen (secondary N) is 1. The van der Waals surface area contributed by atoms with Gasteiger partial charge in [-0.1, -0.05) is 20.8 Å². The molecule has 0 spiro atoms. The molecular formula is C16H28N2O. The first-order chi connectivity index (χ1) is 9.11. The molecule has 1 aromatic rings. The highest BCUT2D eigenvalue weighted by Gasteiger charge is 2.29. The molecule has 1 aliphatic heterocycles. The van der Waals surface area contributed by atoms with Crippen LogP contribution in [0, 0.1) is 0 Å². The Balaban J connectivity index is 2.00. The van der Waals surface area contributed by atoms with E-state index in [0.717, 1.165) is 24.9 Å². The molecule has 1 N–H and O–H groups in total. The van der Waals surface area contributed by atoms with Gasteiger partial charge in [0, 0.05) is 30.2 Å². The summed E-state index contributed by atoms with van der Waals surface area (Å²) in [5.41, 5.74) is 1.35.